The number of nitrogens with one attached hydrogen (secondary N) is 1. The molecule has 0 bridgehead atoms. The molecule has 1 amide bonds. The molecule has 1 atom stereocenters. The van der Waals surface area contributed by atoms with E-state index in [1.165, 1.54) is 5.56 Å². The minimum atomic E-state index is 0.116. The summed E-state index contributed by atoms with van der Waals surface area (Å²) in [6.45, 7) is 2.70. The SMILES string of the molecule is CC(Br)CNC(=O)CCc1ccccc1. The maximum Gasteiger partial charge on any atom is 0.220 e. The number of rotatable bonds is 5. The smallest absolute Gasteiger partial charge is 0.220 e. The van der Waals surface area contributed by atoms with Crippen molar-refractivity contribution in [3.8, 4) is 0 Å². The maximum atomic E-state index is 11.4. The topological polar surface area (TPSA) is 29.1 Å². The van der Waals surface area contributed by atoms with E-state index >= 15 is 0 Å². The fraction of sp³-hybridized carbons (Fsp3) is 0.417. The molecule has 2 nitrogen and oxygen atoms in total. The Morgan fingerprint density at radius 1 is 1.40 bits per heavy atom. The molecule has 0 saturated heterocycles. The molecule has 1 rings (SSSR count). The van der Waals surface area contributed by atoms with E-state index in [9.17, 15) is 4.79 Å². The first-order chi connectivity index (χ1) is 7.18. The maximum absolute atomic E-state index is 11.4. The van der Waals surface area contributed by atoms with E-state index in [4.69, 9.17) is 0 Å². The predicted octanol–water partition coefficient (Wildman–Crippen LogP) is 2.52. The molecule has 0 aromatic heterocycles. The number of halogens is 1. The minimum Gasteiger partial charge on any atom is -0.355 e. The lowest BCUT2D eigenvalue weighted by molar-refractivity contribution is -0.121. The molecule has 0 saturated carbocycles. The number of hydrogen-bond acceptors (Lipinski definition) is 1. The zero-order chi connectivity index (χ0) is 11.1. The van der Waals surface area contributed by atoms with Gasteiger partial charge in [0.05, 0.1) is 0 Å². The molecule has 0 spiro atoms. The number of aryl methyl sites for hydroxylation is 1. The van der Waals surface area contributed by atoms with Gasteiger partial charge in [0.25, 0.3) is 0 Å². The Labute approximate surface area is 99.2 Å². The van der Waals surface area contributed by atoms with Crippen molar-refractivity contribution in [3.63, 3.8) is 0 Å². The molecule has 3 heteroatoms. The Balaban J connectivity index is 2.23. The molecule has 15 heavy (non-hydrogen) atoms. The van der Waals surface area contributed by atoms with Crippen LogP contribution in [0.2, 0.25) is 0 Å². The first-order valence-electron chi connectivity index (χ1n) is 5.13. The molecular formula is C12H16BrNO. The van der Waals surface area contributed by atoms with Gasteiger partial charge in [-0.05, 0) is 12.0 Å². The van der Waals surface area contributed by atoms with Gasteiger partial charge in [0.2, 0.25) is 5.91 Å². The van der Waals surface area contributed by atoms with Crippen molar-refractivity contribution >= 4 is 21.8 Å². The molecular weight excluding hydrogens is 254 g/mol. The predicted molar refractivity (Wildman–Crippen MR) is 66.2 cm³/mol. The molecule has 1 aromatic carbocycles. The van der Waals surface area contributed by atoms with Crippen LogP contribution >= 0.6 is 15.9 Å². The van der Waals surface area contributed by atoms with Crippen LogP contribution in [0, 0.1) is 0 Å². The Morgan fingerprint density at radius 3 is 2.67 bits per heavy atom. The third-order valence-corrected chi connectivity index (χ3v) is 2.39. The van der Waals surface area contributed by atoms with Gasteiger partial charge in [-0.3, -0.25) is 4.79 Å². The van der Waals surface area contributed by atoms with Crippen molar-refractivity contribution in [1.29, 1.82) is 0 Å². The van der Waals surface area contributed by atoms with Crippen LogP contribution in [-0.4, -0.2) is 17.3 Å². The van der Waals surface area contributed by atoms with E-state index in [0.29, 0.717) is 17.8 Å². The summed E-state index contributed by atoms with van der Waals surface area (Å²) in [6, 6.07) is 10.1. The van der Waals surface area contributed by atoms with Gasteiger partial charge in [0, 0.05) is 17.8 Å². The third kappa shape index (κ3) is 5.57. The van der Waals surface area contributed by atoms with Crippen LogP contribution in [0.25, 0.3) is 0 Å². The number of amides is 1. The lowest BCUT2D eigenvalue weighted by atomic mass is 10.1. The normalized spacial score (nSPS) is 12.1. The van der Waals surface area contributed by atoms with Gasteiger partial charge in [0.15, 0.2) is 0 Å². The second-order valence-corrected chi connectivity index (χ2v) is 5.13. The van der Waals surface area contributed by atoms with E-state index in [1.807, 2.05) is 37.3 Å². The fourth-order valence-corrected chi connectivity index (χ4v) is 1.41. The van der Waals surface area contributed by atoms with Gasteiger partial charge in [-0.2, -0.15) is 0 Å². The summed E-state index contributed by atoms with van der Waals surface area (Å²) in [5, 5.41) is 2.87. The number of alkyl halides is 1. The summed E-state index contributed by atoms with van der Waals surface area (Å²) < 4.78 is 0. The van der Waals surface area contributed by atoms with E-state index in [2.05, 4.69) is 21.2 Å². The highest BCUT2D eigenvalue weighted by Crippen LogP contribution is 2.02. The molecule has 82 valence electrons. The highest BCUT2D eigenvalue weighted by Gasteiger charge is 2.02. The van der Waals surface area contributed by atoms with Crippen LogP contribution in [0.3, 0.4) is 0 Å². The molecule has 0 fully saturated rings. The van der Waals surface area contributed by atoms with Crippen molar-refractivity contribution in [2.45, 2.75) is 24.6 Å². The molecule has 1 N–H and O–H groups in total. The van der Waals surface area contributed by atoms with Gasteiger partial charge in [-0.25, -0.2) is 0 Å². The average molecular weight is 270 g/mol. The van der Waals surface area contributed by atoms with E-state index in [0.717, 1.165) is 6.42 Å². The summed E-state index contributed by atoms with van der Waals surface area (Å²) in [6.07, 6.45) is 1.37. The highest BCUT2D eigenvalue weighted by molar-refractivity contribution is 9.09. The quantitative estimate of drug-likeness (QED) is 0.818. The van der Waals surface area contributed by atoms with Gasteiger partial charge < -0.3 is 5.32 Å². The summed E-state index contributed by atoms with van der Waals surface area (Å²) in [7, 11) is 0. The molecule has 0 aliphatic heterocycles. The second-order valence-electron chi connectivity index (χ2n) is 3.57. The summed E-state index contributed by atoms with van der Waals surface area (Å²) >= 11 is 3.38. The zero-order valence-electron chi connectivity index (χ0n) is 8.87. The van der Waals surface area contributed by atoms with Gasteiger partial charge in [0.1, 0.15) is 0 Å². The van der Waals surface area contributed by atoms with Crippen LogP contribution < -0.4 is 5.32 Å². The lowest BCUT2D eigenvalue weighted by Gasteiger charge is -2.06. The molecule has 0 radical (unpaired) electrons. The lowest BCUT2D eigenvalue weighted by Crippen LogP contribution is -2.28. The molecule has 0 heterocycles. The molecule has 1 unspecified atom stereocenters. The summed E-state index contributed by atoms with van der Waals surface area (Å²) in [4.78, 5) is 11.7. The van der Waals surface area contributed by atoms with Crippen LogP contribution in [0.15, 0.2) is 30.3 Å². The number of hydrogen-bond donors (Lipinski definition) is 1. The van der Waals surface area contributed by atoms with Gasteiger partial charge in [-0.15, -0.1) is 0 Å². The van der Waals surface area contributed by atoms with Crippen LogP contribution in [0.4, 0.5) is 0 Å². The minimum absolute atomic E-state index is 0.116. The standard InChI is InChI=1S/C12H16BrNO/c1-10(13)9-14-12(15)8-7-11-5-3-2-4-6-11/h2-6,10H,7-9H2,1H3,(H,14,15). The molecule has 0 aliphatic carbocycles. The largest absolute Gasteiger partial charge is 0.355 e. The van der Waals surface area contributed by atoms with E-state index in [1.54, 1.807) is 0 Å². The summed E-state index contributed by atoms with van der Waals surface area (Å²) in [5.41, 5.74) is 1.21. The number of benzene rings is 1. The Hall–Kier alpha value is -0.830. The monoisotopic (exact) mass is 269 g/mol. The van der Waals surface area contributed by atoms with Crippen molar-refractivity contribution in [3.05, 3.63) is 35.9 Å². The summed E-state index contributed by atoms with van der Waals surface area (Å²) in [5.74, 6) is 0.116. The van der Waals surface area contributed by atoms with Crippen LogP contribution in [0.1, 0.15) is 18.9 Å². The van der Waals surface area contributed by atoms with Crippen molar-refractivity contribution in [2.24, 2.45) is 0 Å². The van der Waals surface area contributed by atoms with E-state index < -0.39 is 0 Å². The van der Waals surface area contributed by atoms with Gasteiger partial charge >= 0.3 is 0 Å². The van der Waals surface area contributed by atoms with Crippen molar-refractivity contribution < 1.29 is 4.79 Å². The second kappa shape index (κ2) is 6.62. The average Bonchev–Trinajstić information content (AvgIpc) is 2.25. The highest BCUT2D eigenvalue weighted by atomic mass is 79.9. The Bertz CT molecular complexity index is 298. The third-order valence-electron chi connectivity index (χ3n) is 2.06. The first kappa shape index (κ1) is 12.2. The Kier molecular flexibility index (Phi) is 5.40. The van der Waals surface area contributed by atoms with Crippen LogP contribution in [0.5, 0.6) is 0 Å². The molecule has 1 aromatic rings. The zero-order valence-corrected chi connectivity index (χ0v) is 10.5. The first-order valence-corrected chi connectivity index (χ1v) is 6.04. The van der Waals surface area contributed by atoms with Crippen molar-refractivity contribution in [2.75, 3.05) is 6.54 Å². The van der Waals surface area contributed by atoms with Crippen molar-refractivity contribution in [1.82, 2.24) is 5.32 Å². The fourth-order valence-electron chi connectivity index (χ4n) is 1.25. The van der Waals surface area contributed by atoms with Crippen LogP contribution in [-0.2, 0) is 11.2 Å². The van der Waals surface area contributed by atoms with E-state index in [-0.39, 0.29) is 5.91 Å². The number of carbonyl (C=O) groups is 1. The number of carbonyl (C=O) groups excluding carboxylic acids is 1. The van der Waals surface area contributed by atoms with Gasteiger partial charge in [-0.1, -0.05) is 53.2 Å². The Morgan fingerprint density at radius 2 is 2.07 bits per heavy atom. The molecule has 0 aliphatic rings.